The van der Waals surface area contributed by atoms with Crippen molar-refractivity contribution in [2.45, 2.75) is 17.9 Å². The maximum Gasteiger partial charge on any atom is 0.0423 e. The molecular formula is C16H18BrNS. The smallest absolute Gasteiger partial charge is 0.0423 e. The van der Waals surface area contributed by atoms with Gasteiger partial charge in [-0.1, -0.05) is 57.9 Å². The third-order valence-electron chi connectivity index (χ3n) is 2.97. The van der Waals surface area contributed by atoms with Gasteiger partial charge < -0.3 is 5.73 Å². The summed E-state index contributed by atoms with van der Waals surface area (Å²) in [7, 11) is 0. The molecule has 0 fully saturated rings. The van der Waals surface area contributed by atoms with Gasteiger partial charge in [0.25, 0.3) is 0 Å². The molecule has 0 amide bonds. The predicted octanol–water partition coefficient (Wildman–Crippen LogP) is 4.69. The van der Waals surface area contributed by atoms with E-state index in [1.165, 1.54) is 16.7 Å². The molecule has 0 saturated carbocycles. The molecule has 2 N–H and O–H groups in total. The summed E-state index contributed by atoms with van der Waals surface area (Å²) in [6.45, 7) is 2.79. The number of hydrogen-bond donors (Lipinski definition) is 1. The van der Waals surface area contributed by atoms with Crippen LogP contribution < -0.4 is 5.73 Å². The van der Waals surface area contributed by atoms with Crippen molar-refractivity contribution in [2.75, 3.05) is 6.54 Å². The van der Waals surface area contributed by atoms with Crippen LogP contribution in [0.25, 0.3) is 0 Å². The quantitative estimate of drug-likeness (QED) is 0.857. The Balaban J connectivity index is 2.04. The third kappa shape index (κ3) is 4.37. The van der Waals surface area contributed by atoms with Crippen molar-refractivity contribution < 1.29 is 0 Å². The second-order valence-electron chi connectivity index (χ2n) is 4.58. The number of benzene rings is 2. The highest BCUT2D eigenvalue weighted by atomic mass is 79.9. The van der Waals surface area contributed by atoms with Gasteiger partial charge in [0.05, 0.1) is 0 Å². The Morgan fingerprint density at radius 1 is 1.16 bits per heavy atom. The minimum atomic E-state index is 0.345. The molecule has 1 unspecified atom stereocenters. The van der Waals surface area contributed by atoms with Gasteiger partial charge in [0.15, 0.2) is 0 Å². The van der Waals surface area contributed by atoms with Gasteiger partial charge in [0.1, 0.15) is 0 Å². The molecule has 0 heterocycles. The summed E-state index contributed by atoms with van der Waals surface area (Å²) in [4.78, 5) is 0. The zero-order valence-corrected chi connectivity index (χ0v) is 13.4. The first kappa shape index (κ1) is 14.6. The molecule has 0 aliphatic heterocycles. The average molecular weight is 336 g/mol. The summed E-state index contributed by atoms with van der Waals surface area (Å²) >= 11 is 5.41. The van der Waals surface area contributed by atoms with Crippen LogP contribution in [0.2, 0.25) is 0 Å². The fraction of sp³-hybridized carbons (Fsp3) is 0.250. The van der Waals surface area contributed by atoms with Crippen molar-refractivity contribution in [3.8, 4) is 0 Å². The molecule has 2 rings (SSSR count). The van der Waals surface area contributed by atoms with Crippen molar-refractivity contribution in [1.29, 1.82) is 0 Å². The van der Waals surface area contributed by atoms with Crippen LogP contribution in [0.5, 0.6) is 0 Å². The molecule has 2 aromatic rings. The van der Waals surface area contributed by atoms with Gasteiger partial charge in [-0.05, 0) is 30.2 Å². The molecule has 19 heavy (non-hydrogen) atoms. The van der Waals surface area contributed by atoms with Crippen LogP contribution in [-0.4, -0.2) is 6.54 Å². The summed E-state index contributed by atoms with van der Waals surface area (Å²) in [5.41, 5.74) is 9.87. The maximum atomic E-state index is 5.91. The van der Waals surface area contributed by atoms with Crippen molar-refractivity contribution >= 4 is 27.7 Å². The molecule has 0 spiro atoms. The number of hydrogen-bond acceptors (Lipinski definition) is 2. The Kier molecular flexibility index (Phi) is 5.49. The minimum Gasteiger partial charge on any atom is -0.329 e. The molecule has 0 radical (unpaired) electrons. The Bertz CT molecular complexity index is 542. The van der Waals surface area contributed by atoms with Gasteiger partial charge >= 0.3 is 0 Å². The molecule has 3 heteroatoms. The molecule has 1 nitrogen and oxygen atoms in total. The number of rotatable bonds is 5. The van der Waals surface area contributed by atoms with E-state index in [4.69, 9.17) is 5.73 Å². The summed E-state index contributed by atoms with van der Waals surface area (Å²) in [6.07, 6.45) is 0. The average Bonchev–Trinajstić information content (AvgIpc) is 2.40. The molecule has 0 aliphatic carbocycles. The SMILES string of the molecule is Cc1cccc(CSC(CN)c2cccc(Br)c2)c1. The third-order valence-corrected chi connectivity index (χ3v) is 4.83. The second-order valence-corrected chi connectivity index (χ2v) is 6.69. The van der Waals surface area contributed by atoms with E-state index in [0.29, 0.717) is 11.8 Å². The van der Waals surface area contributed by atoms with Gasteiger partial charge in [-0.25, -0.2) is 0 Å². The summed E-state index contributed by atoms with van der Waals surface area (Å²) in [5.74, 6) is 0.996. The molecule has 0 bridgehead atoms. The van der Waals surface area contributed by atoms with E-state index in [9.17, 15) is 0 Å². The van der Waals surface area contributed by atoms with Crippen molar-refractivity contribution in [2.24, 2.45) is 5.73 Å². The van der Waals surface area contributed by atoms with Gasteiger partial charge in [-0.2, -0.15) is 0 Å². The molecule has 0 aromatic heterocycles. The van der Waals surface area contributed by atoms with Gasteiger partial charge in [0.2, 0.25) is 0 Å². The lowest BCUT2D eigenvalue weighted by atomic mass is 10.1. The molecule has 1 atom stereocenters. The van der Waals surface area contributed by atoms with E-state index in [0.717, 1.165) is 10.2 Å². The first-order valence-corrected chi connectivity index (χ1v) is 8.16. The van der Waals surface area contributed by atoms with E-state index in [1.807, 2.05) is 17.8 Å². The molecule has 0 saturated heterocycles. The van der Waals surface area contributed by atoms with Crippen LogP contribution >= 0.6 is 27.7 Å². The number of halogens is 1. The van der Waals surface area contributed by atoms with Gasteiger partial charge in [0, 0.05) is 22.0 Å². The van der Waals surface area contributed by atoms with Crippen LogP contribution in [-0.2, 0) is 5.75 Å². The van der Waals surface area contributed by atoms with Crippen LogP contribution in [0.1, 0.15) is 21.9 Å². The zero-order valence-electron chi connectivity index (χ0n) is 11.0. The lowest BCUT2D eigenvalue weighted by Crippen LogP contribution is -2.09. The van der Waals surface area contributed by atoms with Crippen LogP contribution in [0.15, 0.2) is 53.0 Å². The molecule has 2 aromatic carbocycles. The van der Waals surface area contributed by atoms with E-state index in [2.05, 4.69) is 65.3 Å². The number of aryl methyl sites for hydroxylation is 1. The van der Waals surface area contributed by atoms with Crippen molar-refractivity contribution in [1.82, 2.24) is 0 Å². The van der Waals surface area contributed by atoms with Gasteiger partial charge in [-0.15, -0.1) is 11.8 Å². The van der Waals surface area contributed by atoms with Crippen LogP contribution in [0.4, 0.5) is 0 Å². The number of thioether (sulfide) groups is 1. The topological polar surface area (TPSA) is 26.0 Å². The fourth-order valence-corrected chi connectivity index (χ4v) is 3.47. The largest absolute Gasteiger partial charge is 0.329 e. The Labute approximate surface area is 127 Å². The van der Waals surface area contributed by atoms with Crippen LogP contribution in [0, 0.1) is 6.92 Å². The van der Waals surface area contributed by atoms with E-state index in [1.54, 1.807) is 0 Å². The minimum absolute atomic E-state index is 0.345. The van der Waals surface area contributed by atoms with Crippen molar-refractivity contribution in [3.63, 3.8) is 0 Å². The fourth-order valence-electron chi connectivity index (χ4n) is 2.01. The van der Waals surface area contributed by atoms with E-state index < -0.39 is 0 Å². The maximum absolute atomic E-state index is 5.91. The predicted molar refractivity (Wildman–Crippen MR) is 88.4 cm³/mol. The first-order chi connectivity index (χ1) is 9.19. The molecule has 0 aliphatic rings. The second kappa shape index (κ2) is 7.13. The van der Waals surface area contributed by atoms with E-state index >= 15 is 0 Å². The molecule has 100 valence electrons. The lowest BCUT2D eigenvalue weighted by Gasteiger charge is -2.15. The summed E-state index contributed by atoms with van der Waals surface area (Å²) in [5, 5.41) is 0.345. The lowest BCUT2D eigenvalue weighted by molar-refractivity contribution is 0.939. The zero-order chi connectivity index (χ0) is 13.7. The Morgan fingerprint density at radius 3 is 2.63 bits per heavy atom. The first-order valence-electron chi connectivity index (χ1n) is 6.31. The van der Waals surface area contributed by atoms with E-state index in [-0.39, 0.29) is 0 Å². The standard InChI is InChI=1S/C16H18BrNS/c1-12-4-2-5-13(8-12)11-19-16(10-18)14-6-3-7-15(17)9-14/h2-9,16H,10-11,18H2,1H3. The summed E-state index contributed by atoms with van der Waals surface area (Å²) < 4.78 is 1.11. The Morgan fingerprint density at radius 2 is 1.95 bits per heavy atom. The number of nitrogens with two attached hydrogens (primary N) is 1. The van der Waals surface area contributed by atoms with Crippen LogP contribution in [0.3, 0.4) is 0 Å². The highest BCUT2D eigenvalue weighted by molar-refractivity contribution is 9.10. The molecular weight excluding hydrogens is 318 g/mol. The van der Waals surface area contributed by atoms with Gasteiger partial charge in [-0.3, -0.25) is 0 Å². The highest BCUT2D eigenvalue weighted by Gasteiger charge is 2.10. The summed E-state index contributed by atoms with van der Waals surface area (Å²) in [6, 6.07) is 17.1. The Hall–Kier alpha value is -0.770. The van der Waals surface area contributed by atoms with Crippen molar-refractivity contribution in [3.05, 3.63) is 69.7 Å². The monoisotopic (exact) mass is 335 g/mol. The normalized spacial score (nSPS) is 12.4. The highest BCUT2D eigenvalue weighted by Crippen LogP contribution is 2.32.